The quantitative estimate of drug-likeness (QED) is 0.583. The number of benzene rings is 2. The van der Waals surface area contributed by atoms with Crippen LogP contribution in [0.5, 0.6) is 5.75 Å². The Balaban J connectivity index is 1.44. The Kier molecular flexibility index (Phi) is 5.86. The Labute approximate surface area is 175 Å². The topological polar surface area (TPSA) is 55.6 Å². The fourth-order valence-electron chi connectivity index (χ4n) is 3.74. The van der Waals surface area contributed by atoms with Crippen molar-refractivity contribution in [3.05, 3.63) is 82.5 Å². The second kappa shape index (κ2) is 8.70. The first-order valence-corrected chi connectivity index (χ1v) is 10.1. The molecule has 0 spiro atoms. The Bertz CT molecular complexity index is 984. The zero-order valence-electron chi connectivity index (χ0n) is 16.3. The standard InChI is InChI=1S/C23H23ClN2O3/c1-28-19-5-2-4-17(13-19)14-22(27)26-11-3-6-21(26)23-25-15-20(29-23)12-16-7-9-18(24)10-8-16/h2,4-5,7-10,13,15,21H,3,6,11-12,14H2,1H3/t21-/m0/s1. The molecule has 1 aliphatic heterocycles. The molecule has 29 heavy (non-hydrogen) atoms. The number of ether oxygens (including phenoxy) is 1. The summed E-state index contributed by atoms with van der Waals surface area (Å²) in [6.07, 6.45) is 4.56. The molecule has 1 saturated heterocycles. The van der Waals surface area contributed by atoms with Gasteiger partial charge in [-0.3, -0.25) is 4.79 Å². The molecule has 1 atom stereocenters. The van der Waals surface area contributed by atoms with Crippen molar-refractivity contribution >= 4 is 17.5 Å². The van der Waals surface area contributed by atoms with E-state index in [9.17, 15) is 4.79 Å². The molecule has 2 aromatic carbocycles. The Morgan fingerprint density at radius 2 is 2.07 bits per heavy atom. The largest absolute Gasteiger partial charge is 0.497 e. The highest BCUT2D eigenvalue weighted by atomic mass is 35.5. The summed E-state index contributed by atoms with van der Waals surface area (Å²) in [5.41, 5.74) is 2.05. The minimum Gasteiger partial charge on any atom is -0.497 e. The lowest BCUT2D eigenvalue weighted by molar-refractivity contribution is -0.131. The number of likely N-dealkylation sites (tertiary alicyclic amines) is 1. The molecular formula is C23H23ClN2O3. The van der Waals surface area contributed by atoms with Crippen LogP contribution in [0.1, 0.15) is 41.7 Å². The number of rotatable bonds is 6. The maximum Gasteiger partial charge on any atom is 0.227 e. The number of carbonyl (C=O) groups is 1. The Morgan fingerprint density at radius 1 is 1.24 bits per heavy atom. The number of amides is 1. The van der Waals surface area contributed by atoms with Crippen molar-refractivity contribution in [1.29, 1.82) is 0 Å². The first-order chi connectivity index (χ1) is 14.1. The summed E-state index contributed by atoms with van der Waals surface area (Å²) in [4.78, 5) is 19.3. The first-order valence-electron chi connectivity index (χ1n) is 9.74. The summed E-state index contributed by atoms with van der Waals surface area (Å²) >= 11 is 5.95. The van der Waals surface area contributed by atoms with E-state index in [0.717, 1.165) is 42.0 Å². The van der Waals surface area contributed by atoms with Crippen LogP contribution < -0.4 is 4.74 Å². The van der Waals surface area contributed by atoms with E-state index in [0.29, 0.717) is 23.8 Å². The van der Waals surface area contributed by atoms with Crippen LogP contribution in [0.15, 0.2) is 59.1 Å². The first kappa shape index (κ1) is 19.5. The number of hydrogen-bond donors (Lipinski definition) is 0. The molecular weight excluding hydrogens is 388 g/mol. The van der Waals surface area contributed by atoms with Crippen molar-refractivity contribution in [3.8, 4) is 5.75 Å². The van der Waals surface area contributed by atoms with E-state index < -0.39 is 0 Å². The highest BCUT2D eigenvalue weighted by Crippen LogP contribution is 2.32. The Hall–Kier alpha value is -2.79. The molecule has 2 heterocycles. The van der Waals surface area contributed by atoms with E-state index >= 15 is 0 Å². The van der Waals surface area contributed by atoms with Gasteiger partial charge < -0.3 is 14.1 Å². The van der Waals surface area contributed by atoms with Gasteiger partial charge in [0.25, 0.3) is 0 Å². The van der Waals surface area contributed by atoms with Crippen molar-refractivity contribution in [2.75, 3.05) is 13.7 Å². The zero-order valence-corrected chi connectivity index (χ0v) is 17.1. The van der Waals surface area contributed by atoms with E-state index in [4.69, 9.17) is 20.8 Å². The third-order valence-electron chi connectivity index (χ3n) is 5.21. The van der Waals surface area contributed by atoms with Gasteiger partial charge in [0.1, 0.15) is 17.6 Å². The average molecular weight is 411 g/mol. The highest BCUT2D eigenvalue weighted by Gasteiger charge is 2.33. The summed E-state index contributed by atoms with van der Waals surface area (Å²) in [5, 5.41) is 0.711. The molecule has 4 rings (SSSR count). The number of hydrogen-bond acceptors (Lipinski definition) is 4. The molecule has 0 bridgehead atoms. The van der Waals surface area contributed by atoms with Gasteiger partial charge in [0, 0.05) is 18.0 Å². The fourth-order valence-corrected chi connectivity index (χ4v) is 3.87. The molecule has 5 nitrogen and oxygen atoms in total. The molecule has 0 aliphatic carbocycles. The highest BCUT2D eigenvalue weighted by molar-refractivity contribution is 6.30. The van der Waals surface area contributed by atoms with Crippen molar-refractivity contribution in [1.82, 2.24) is 9.88 Å². The van der Waals surface area contributed by atoms with Crippen LogP contribution >= 0.6 is 11.6 Å². The molecule has 0 unspecified atom stereocenters. The lowest BCUT2D eigenvalue weighted by Gasteiger charge is -2.22. The molecule has 0 radical (unpaired) electrons. The van der Waals surface area contributed by atoms with E-state index in [2.05, 4.69) is 4.98 Å². The van der Waals surface area contributed by atoms with Gasteiger partial charge >= 0.3 is 0 Å². The summed E-state index contributed by atoms with van der Waals surface area (Å²) < 4.78 is 11.3. The van der Waals surface area contributed by atoms with Gasteiger partial charge in [-0.2, -0.15) is 0 Å². The van der Waals surface area contributed by atoms with Crippen molar-refractivity contribution in [2.24, 2.45) is 0 Å². The number of carbonyl (C=O) groups excluding carboxylic acids is 1. The number of methoxy groups -OCH3 is 1. The van der Waals surface area contributed by atoms with Gasteiger partial charge in [-0.25, -0.2) is 4.98 Å². The average Bonchev–Trinajstić information content (AvgIpc) is 3.39. The van der Waals surface area contributed by atoms with Crippen LogP contribution in [0, 0.1) is 0 Å². The summed E-state index contributed by atoms with van der Waals surface area (Å²) in [7, 11) is 1.63. The van der Waals surface area contributed by atoms with Crippen LogP contribution in [0.3, 0.4) is 0 Å². The second-order valence-corrected chi connectivity index (χ2v) is 7.68. The molecule has 0 saturated carbocycles. The third-order valence-corrected chi connectivity index (χ3v) is 5.46. The van der Waals surface area contributed by atoms with Crippen LogP contribution in [0.4, 0.5) is 0 Å². The van der Waals surface area contributed by atoms with Gasteiger partial charge in [0.2, 0.25) is 11.8 Å². The number of aromatic nitrogens is 1. The predicted octanol–water partition coefficient (Wildman–Crippen LogP) is 4.83. The molecule has 3 aromatic rings. The van der Waals surface area contributed by atoms with Crippen LogP contribution in [-0.4, -0.2) is 29.4 Å². The summed E-state index contributed by atoms with van der Waals surface area (Å²) in [6.45, 7) is 0.725. The van der Waals surface area contributed by atoms with Gasteiger partial charge in [-0.15, -0.1) is 0 Å². The molecule has 150 valence electrons. The van der Waals surface area contributed by atoms with Gasteiger partial charge in [-0.05, 0) is 48.2 Å². The summed E-state index contributed by atoms with van der Waals surface area (Å²) in [6, 6.07) is 15.2. The van der Waals surface area contributed by atoms with E-state index in [1.54, 1.807) is 13.3 Å². The minimum absolute atomic E-state index is 0.0817. The SMILES string of the molecule is COc1cccc(CC(=O)N2CCC[C@H]2c2ncc(Cc3ccc(Cl)cc3)o2)c1. The number of oxazole rings is 1. The Morgan fingerprint density at radius 3 is 2.86 bits per heavy atom. The molecule has 0 N–H and O–H groups in total. The lowest BCUT2D eigenvalue weighted by Crippen LogP contribution is -2.32. The molecule has 1 fully saturated rings. The second-order valence-electron chi connectivity index (χ2n) is 7.24. The normalized spacial score (nSPS) is 16.2. The predicted molar refractivity (Wildman–Crippen MR) is 111 cm³/mol. The van der Waals surface area contributed by atoms with Gasteiger partial charge in [0.15, 0.2) is 0 Å². The fraction of sp³-hybridized carbons (Fsp3) is 0.304. The summed E-state index contributed by atoms with van der Waals surface area (Å²) in [5.74, 6) is 2.24. The van der Waals surface area contributed by atoms with E-state index in [-0.39, 0.29) is 11.9 Å². The van der Waals surface area contributed by atoms with Crippen LogP contribution in [-0.2, 0) is 17.6 Å². The molecule has 1 aliphatic rings. The van der Waals surface area contributed by atoms with E-state index in [1.807, 2.05) is 53.4 Å². The molecule has 1 amide bonds. The zero-order chi connectivity index (χ0) is 20.2. The van der Waals surface area contributed by atoms with Crippen molar-refractivity contribution in [3.63, 3.8) is 0 Å². The van der Waals surface area contributed by atoms with Crippen LogP contribution in [0.25, 0.3) is 0 Å². The van der Waals surface area contributed by atoms with E-state index in [1.165, 1.54) is 0 Å². The lowest BCUT2D eigenvalue weighted by atomic mass is 10.1. The monoisotopic (exact) mass is 410 g/mol. The number of nitrogens with zero attached hydrogens (tertiary/aromatic N) is 2. The molecule has 6 heteroatoms. The number of halogens is 1. The van der Waals surface area contributed by atoms with Gasteiger partial charge in [-0.1, -0.05) is 35.9 Å². The minimum atomic E-state index is -0.105. The third kappa shape index (κ3) is 4.62. The van der Waals surface area contributed by atoms with Crippen molar-refractivity contribution in [2.45, 2.75) is 31.7 Å². The smallest absolute Gasteiger partial charge is 0.227 e. The van der Waals surface area contributed by atoms with Crippen LogP contribution in [0.2, 0.25) is 5.02 Å². The maximum absolute atomic E-state index is 12.9. The van der Waals surface area contributed by atoms with Crippen molar-refractivity contribution < 1.29 is 13.9 Å². The maximum atomic E-state index is 12.9. The van der Waals surface area contributed by atoms with Gasteiger partial charge in [0.05, 0.1) is 19.7 Å². The molecule has 1 aromatic heterocycles.